The Bertz CT molecular complexity index is 2690. The van der Waals surface area contributed by atoms with Crippen LogP contribution in [0.1, 0.15) is 272 Å². The zero-order valence-electron chi connectivity index (χ0n) is 64.1. The fourth-order valence-electron chi connectivity index (χ4n) is 9.61. The highest BCUT2D eigenvalue weighted by Gasteiger charge is 2.30. The van der Waals surface area contributed by atoms with Gasteiger partial charge in [-0.3, -0.25) is 37.3 Å². The van der Waals surface area contributed by atoms with Crippen molar-refractivity contribution < 1.29 is 80.2 Å². The number of aliphatic hydroxyl groups is 1. The smallest absolute Gasteiger partial charge is 0.462 e. The number of phosphoric acid groups is 2. The molecule has 5 atom stereocenters. The fourth-order valence-corrected chi connectivity index (χ4v) is 11.2. The van der Waals surface area contributed by atoms with Crippen molar-refractivity contribution in [2.75, 3.05) is 39.6 Å². The molecule has 17 nitrogen and oxygen atoms in total. The second-order valence-electron chi connectivity index (χ2n) is 25.1. The Morgan fingerprint density at radius 1 is 0.279 bits per heavy atom. The van der Waals surface area contributed by atoms with Gasteiger partial charge in [-0.25, -0.2) is 9.13 Å². The first-order valence-corrected chi connectivity index (χ1v) is 42.0. The summed E-state index contributed by atoms with van der Waals surface area (Å²) in [4.78, 5) is 72.9. The van der Waals surface area contributed by atoms with E-state index in [4.69, 9.17) is 37.0 Å². The van der Waals surface area contributed by atoms with Crippen LogP contribution in [0.4, 0.5) is 0 Å². The van der Waals surface area contributed by atoms with Crippen LogP contribution in [0.5, 0.6) is 0 Å². The van der Waals surface area contributed by atoms with Gasteiger partial charge < -0.3 is 33.8 Å². The molecule has 0 amide bonds. The second-order valence-corrected chi connectivity index (χ2v) is 28.0. The molecule has 0 aromatic carbocycles. The summed E-state index contributed by atoms with van der Waals surface area (Å²) < 4.78 is 68.4. The number of aliphatic hydroxyl groups excluding tert-OH is 1. The van der Waals surface area contributed by atoms with Crippen molar-refractivity contribution >= 4 is 39.5 Å². The van der Waals surface area contributed by atoms with Gasteiger partial charge in [-0.1, -0.05) is 274 Å². The third-order valence-corrected chi connectivity index (χ3v) is 17.3. The van der Waals surface area contributed by atoms with Crippen molar-refractivity contribution in [2.45, 2.75) is 290 Å². The molecule has 5 unspecified atom stereocenters. The average Bonchev–Trinajstić information content (AvgIpc) is 0.926. The van der Waals surface area contributed by atoms with Crippen molar-refractivity contribution in [2.24, 2.45) is 0 Å². The molecule has 0 aromatic rings. The number of ether oxygens (including phenoxy) is 4. The lowest BCUT2D eigenvalue weighted by molar-refractivity contribution is -0.161. The number of rotatable bonds is 71. The molecule has 0 aliphatic rings. The Kier molecular flexibility index (Phi) is 71.2. The van der Waals surface area contributed by atoms with Crippen molar-refractivity contribution in [3.63, 3.8) is 0 Å². The summed E-state index contributed by atoms with van der Waals surface area (Å²) in [6.45, 7) is 4.23. The molecule has 588 valence electrons. The molecule has 19 heteroatoms. The third-order valence-electron chi connectivity index (χ3n) is 15.4. The quantitative estimate of drug-likeness (QED) is 0.0169. The summed E-state index contributed by atoms with van der Waals surface area (Å²) in [5.74, 6) is -2.40. The van der Waals surface area contributed by atoms with Crippen LogP contribution in [0.2, 0.25) is 0 Å². The summed E-state index contributed by atoms with van der Waals surface area (Å²) in [6.07, 6.45) is 90.5. The minimum absolute atomic E-state index is 0.0488. The molecule has 0 rings (SSSR count). The molecule has 3 N–H and O–H groups in total. The van der Waals surface area contributed by atoms with E-state index in [1.54, 1.807) is 6.08 Å². The molecular formula is C85H136O17P2. The van der Waals surface area contributed by atoms with Crippen LogP contribution in [0, 0.1) is 0 Å². The van der Waals surface area contributed by atoms with E-state index in [9.17, 15) is 43.2 Å². The Morgan fingerprint density at radius 3 is 0.808 bits per heavy atom. The standard InChI is InChI=1S/C85H136O17P2/c1-5-9-13-17-21-25-29-33-37-39-43-46-50-54-58-62-66-70-83(88)96-76-81(102-85(90)72-68-64-60-56-52-48-44-40-38-34-30-26-22-18-14-10-6-2)78-100-104(93,94)98-74-79(86)73-97-103(91,92)99-77-80(101-84(89)71-67-63-59-55-51-47-42-36-32-28-24-20-16-12-8-4)75-95-82(87)69-65-61-57-53-49-45-41-35-31-27-23-19-15-11-7-3/h9-16,21-28,33-38,41-43,46,49,53,61,65,79-81,86H,5-8,17-20,29-32,39-40,44-45,47-48,50-52,54-60,62-64,66-78H2,1-4H3,(H,91,92)(H,93,94)/b13-9-,14-10-,15-11-,16-12-,25-21-,26-22-,27-23-,28-24-,37-33-,38-34-,41-35-,42-36-,46-43-,53-49-,65-61-. The van der Waals surface area contributed by atoms with Crippen LogP contribution >= 0.6 is 15.6 Å². The summed E-state index contributed by atoms with van der Waals surface area (Å²) >= 11 is 0. The number of allylic oxidation sites excluding steroid dienone is 29. The monoisotopic (exact) mass is 1490 g/mol. The fraction of sp³-hybridized carbons (Fsp3) is 0.600. The van der Waals surface area contributed by atoms with E-state index in [0.717, 1.165) is 193 Å². The van der Waals surface area contributed by atoms with Gasteiger partial charge in [0.2, 0.25) is 0 Å². The zero-order valence-corrected chi connectivity index (χ0v) is 65.9. The van der Waals surface area contributed by atoms with Crippen molar-refractivity contribution in [1.82, 2.24) is 0 Å². The largest absolute Gasteiger partial charge is 0.472 e. The van der Waals surface area contributed by atoms with E-state index < -0.39 is 97.5 Å². The van der Waals surface area contributed by atoms with Gasteiger partial charge >= 0.3 is 39.5 Å². The highest BCUT2D eigenvalue weighted by Crippen LogP contribution is 2.45. The maximum atomic E-state index is 13.1. The first-order valence-electron chi connectivity index (χ1n) is 39.0. The van der Waals surface area contributed by atoms with Crippen LogP contribution in [-0.2, 0) is 65.4 Å². The van der Waals surface area contributed by atoms with Crippen LogP contribution in [0.3, 0.4) is 0 Å². The number of unbranched alkanes of at least 4 members (excludes halogenated alkanes) is 16. The normalized spacial score (nSPS) is 14.9. The molecule has 0 saturated heterocycles. The van der Waals surface area contributed by atoms with Crippen LogP contribution in [0.15, 0.2) is 182 Å². The lowest BCUT2D eigenvalue weighted by Crippen LogP contribution is -2.30. The van der Waals surface area contributed by atoms with Gasteiger partial charge in [-0.05, 0) is 154 Å². The van der Waals surface area contributed by atoms with E-state index >= 15 is 0 Å². The number of hydrogen-bond donors (Lipinski definition) is 3. The lowest BCUT2D eigenvalue weighted by Gasteiger charge is -2.21. The number of phosphoric ester groups is 2. The third kappa shape index (κ3) is 74.4. The van der Waals surface area contributed by atoms with E-state index in [-0.39, 0.29) is 25.7 Å². The zero-order chi connectivity index (χ0) is 76.0. The molecule has 0 aliphatic carbocycles. The Labute approximate surface area is 628 Å². The van der Waals surface area contributed by atoms with E-state index in [1.165, 1.54) is 0 Å². The maximum Gasteiger partial charge on any atom is 0.472 e. The van der Waals surface area contributed by atoms with Gasteiger partial charge in [-0.15, -0.1) is 0 Å². The average molecular weight is 1490 g/mol. The number of hydrogen-bond acceptors (Lipinski definition) is 15. The summed E-state index contributed by atoms with van der Waals surface area (Å²) in [6, 6.07) is 0. The van der Waals surface area contributed by atoms with Crippen LogP contribution < -0.4 is 0 Å². The van der Waals surface area contributed by atoms with Gasteiger partial charge in [0.15, 0.2) is 12.2 Å². The van der Waals surface area contributed by atoms with Crippen molar-refractivity contribution in [3.8, 4) is 0 Å². The molecule has 0 aromatic heterocycles. The van der Waals surface area contributed by atoms with Crippen LogP contribution in [0.25, 0.3) is 0 Å². The predicted molar refractivity (Wildman–Crippen MR) is 426 cm³/mol. The van der Waals surface area contributed by atoms with E-state index in [1.807, 2.05) is 18.2 Å². The molecule has 0 spiro atoms. The highest BCUT2D eigenvalue weighted by molar-refractivity contribution is 7.47. The molecular weight excluding hydrogens is 1350 g/mol. The first kappa shape index (κ1) is 98.2. The highest BCUT2D eigenvalue weighted by atomic mass is 31.2. The van der Waals surface area contributed by atoms with Crippen LogP contribution in [-0.4, -0.2) is 96.7 Å². The molecule has 0 saturated carbocycles. The summed E-state index contributed by atoms with van der Waals surface area (Å²) in [5, 5.41) is 10.6. The lowest BCUT2D eigenvalue weighted by atomic mass is 10.1. The van der Waals surface area contributed by atoms with Gasteiger partial charge in [0.1, 0.15) is 19.3 Å². The molecule has 0 aliphatic heterocycles. The topological polar surface area (TPSA) is 237 Å². The predicted octanol–water partition coefficient (Wildman–Crippen LogP) is 22.8. The molecule has 0 fully saturated rings. The second kappa shape index (κ2) is 75.4. The molecule has 0 heterocycles. The minimum Gasteiger partial charge on any atom is -0.462 e. The van der Waals surface area contributed by atoms with E-state index in [2.05, 4.69) is 186 Å². The Balaban J connectivity index is 5.49. The number of esters is 4. The summed E-state index contributed by atoms with van der Waals surface area (Å²) in [7, 11) is -10.0. The minimum atomic E-state index is -5.01. The Hall–Kier alpha value is -5.84. The number of carbonyl (C=O) groups is 4. The molecule has 104 heavy (non-hydrogen) atoms. The van der Waals surface area contributed by atoms with E-state index in [0.29, 0.717) is 25.7 Å². The van der Waals surface area contributed by atoms with Gasteiger partial charge in [0.05, 0.1) is 32.8 Å². The first-order chi connectivity index (χ1) is 50.7. The maximum absolute atomic E-state index is 13.1. The van der Waals surface area contributed by atoms with Crippen molar-refractivity contribution in [3.05, 3.63) is 182 Å². The van der Waals surface area contributed by atoms with Gasteiger partial charge in [0.25, 0.3) is 0 Å². The summed E-state index contributed by atoms with van der Waals surface area (Å²) in [5.41, 5.74) is 0. The molecule has 0 radical (unpaired) electrons. The van der Waals surface area contributed by atoms with Crippen molar-refractivity contribution in [1.29, 1.82) is 0 Å². The SMILES string of the molecule is CC/C=C\C/C=C\C/C=C\C/C=C\C/C=C\CC(=O)OCC(COP(=O)(O)OCC(O)COP(=O)(O)OCC(COC(=O)CCCCCC/C=C\C/C=C\C/C=C\C/C=C\CC)OC(=O)CCCCCCCCC/C=C\C/C=C\C/C=C\CC)OC(=O)CCCCCCC/C=C\C/C=C\C/C=C\CC. The Morgan fingerprint density at radius 2 is 0.510 bits per heavy atom. The molecule has 0 bridgehead atoms. The number of carbonyl (C=O) groups excluding carboxylic acids is 4. The van der Waals surface area contributed by atoms with Gasteiger partial charge in [0, 0.05) is 19.3 Å². The van der Waals surface area contributed by atoms with Gasteiger partial charge in [-0.2, -0.15) is 0 Å².